The van der Waals surface area contributed by atoms with E-state index in [-0.39, 0.29) is 23.9 Å². The number of hydrogen-bond acceptors (Lipinski definition) is 6. The molecule has 1 aromatic heterocycles. The summed E-state index contributed by atoms with van der Waals surface area (Å²) in [7, 11) is 0. The summed E-state index contributed by atoms with van der Waals surface area (Å²) >= 11 is 1.66. The van der Waals surface area contributed by atoms with E-state index in [0.717, 1.165) is 57.0 Å². The molecule has 2 amide bonds. The van der Waals surface area contributed by atoms with Gasteiger partial charge in [-0.15, -0.1) is 11.3 Å². The summed E-state index contributed by atoms with van der Waals surface area (Å²) in [5.74, 6) is 0.0713. The van der Waals surface area contributed by atoms with Crippen LogP contribution in [-0.2, 0) is 9.59 Å². The van der Waals surface area contributed by atoms with Crippen molar-refractivity contribution < 1.29 is 9.59 Å². The topological polar surface area (TPSA) is 68.8 Å². The SMILES string of the molecule is CC1(C)C(=O)N[C@H]2CCCC[C@H]2N1C(=O)CN1CCN(c2nccs2)CC1. The molecule has 1 N–H and O–H groups in total. The summed E-state index contributed by atoms with van der Waals surface area (Å²) in [6.45, 7) is 7.62. The summed E-state index contributed by atoms with van der Waals surface area (Å²) in [5, 5.41) is 6.21. The van der Waals surface area contributed by atoms with Gasteiger partial charge in [0, 0.05) is 43.8 Å². The maximum Gasteiger partial charge on any atom is 0.245 e. The highest BCUT2D eigenvalue weighted by Gasteiger charge is 2.50. The van der Waals surface area contributed by atoms with Crippen molar-refractivity contribution in [3.63, 3.8) is 0 Å². The van der Waals surface area contributed by atoms with Crippen molar-refractivity contribution in [3.8, 4) is 0 Å². The lowest BCUT2D eigenvalue weighted by Crippen LogP contribution is -2.72. The van der Waals surface area contributed by atoms with Crippen LogP contribution in [0, 0.1) is 0 Å². The molecule has 27 heavy (non-hydrogen) atoms. The minimum atomic E-state index is -0.779. The molecule has 3 aliphatic rings. The van der Waals surface area contributed by atoms with Gasteiger partial charge >= 0.3 is 0 Å². The first-order valence-corrected chi connectivity index (χ1v) is 10.8. The van der Waals surface area contributed by atoms with Gasteiger partial charge in [0.05, 0.1) is 12.6 Å². The number of carbonyl (C=O) groups is 2. The molecule has 0 radical (unpaired) electrons. The van der Waals surface area contributed by atoms with Crippen LogP contribution >= 0.6 is 11.3 Å². The Hall–Kier alpha value is -1.67. The smallest absolute Gasteiger partial charge is 0.245 e. The third-order valence-electron chi connectivity index (χ3n) is 6.23. The van der Waals surface area contributed by atoms with E-state index >= 15 is 0 Å². The molecule has 8 heteroatoms. The van der Waals surface area contributed by atoms with Crippen LogP contribution in [0.2, 0.25) is 0 Å². The summed E-state index contributed by atoms with van der Waals surface area (Å²) in [4.78, 5) is 36.7. The van der Waals surface area contributed by atoms with Gasteiger partial charge in [-0.2, -0.15) is 0 Å². The molecule has 0 aromatic carbocycles. The lowest BCUT2D eigenvalue weighted by molar-refractivity contribution is -0.158. The average Bonchev–Trinajstić information content (AvgIpc) is 3.18. The number of hydrogen-bond donors (Lipinski definition) is 1. The fraction of sp³-hybridized carbons (Fsp3) is 0.737. The Morgan fingerprint density at radius 1 is 1.26 bits per heavy atom. The van der Waals surface area contributed by atoms with Gasteiger partial charge in [0.25, 0.3) is 0 Å². The Bertz CT molecular complexity index is 684. The summed E-state index contributed by atoms with van der Waals surface area (Å²) < 4.78 is 0. The van der Waals surface area contributed by atoms with Crippen LogP contribution in [-0.4, -0.2) is 76.9 Å². The highest BCUT2D eigenvalue weighted by molar-refractivity contribution is 7.13. The van der Waals surface area contributed by atoms with Gasteiger partial charge in [0.15, 0.2) is 5.13 Å². The number of fused-ring (bicyclic) bond motifs is 1. The van der Waals surface area contributed by atoms with Gasteiger partial charge in [-0.05, 0) is 26.7 Å². The molecule has 2 saturated heterocycles. The second-order valence-electron chi connectivity index (χ2n) is 8.33. The van der Waals surface area contributed by atoms with Gasteiger partial charge in [-0.25, -0.2) is 4.98 Å². The predicted octanol–water partition coefficient (Wildman–Crippen LogP) is 1.31. The van der Waals surface area contributed by atoms with Gasteiger partial charge in [0.2, 0.25) is 11.8 Å². The number of thiazole rings is 1. The second-order valence-corrected chi connectivity index (χ2v) is 9.21. The van der Waals surface area contributed by atoms with E-state index in [0.29, 0.717) is 6.54 Å². The van der Waals surface area contributed by atoms with Crippen molar-refractivity contribution >= 4 is 28.3 Å². The first-order valence-electron chi connectivity index (χ1n) is 9.97. The van der Waals surface area contributed by atoms with Crippen LogP contribution in [0.4, 0.5) is 5.13 Å². The van der Waals surface area contributed by atoms with Crippen molar-refractivity contribution in [2.75, 3.05) is 37.6 Å². The van der Waals surface area contributed by atoms with Crippen LogP contribution in [0.1, 0.15) is 39.5 Å². The monoisotopic (exact) mass is 391 g/mol. The zero-order chi connectivity index (χ0) is 19.0. The maximum absolute atomic E-state index is 13.3. The molecule has 7 nitrogen and oxygen atoms in total. The van der Waals surface area contributed by atoms with E-state index in [9.17, 15) is 9.59 Å². The average molecular weight is 392 g/mol. The molecule has 3 fully saturated rings. The van der Waals surface area contributed by atoms with Crippen LogP contribution in [0.25, 0.3) is 0 Å². The second kappa shape index (κ2) is 7.39. The first kappa shape index (κ1) is 18.7. The Labute approximate surface area is 164 Å². The molecule has 0 spiro atoms. The quantitative estimate of drug-likeness (QED) is 0.842. The number of amides is 2. The number of nitrogens with one attached hydrogen (secondary N) is 1. The predicted molar refractivity (Wildman–Crippen MR) is 106 cm³/mol. The van der Waals surface area contributed by atoms with Gasteiger partial charge in [-0.3, -0.25) is 14.5 Å². The Balaban J connectivity index is 1.41. The minimum absolute atomic E-state index is 0.0208. The first-order chi connectivity index (χ1) is 13.0. The standard InChI is InChI=1S/C19H29N5O2S/c1-19(2)17(26)21-14-5-3-4-6-15(14)24(19)16(25)13-22-8-10-23(11-9-22)18-20-7-12-27-18/h7,12,14-15H,3-6,8-11,13H2,1-2H3,(H,21,26)/t14-,15+/m0/s1. The molecule has 2 aliphatic heterocycles. The molecule has 3 heterocycles. The minimum Gasteiger partial charge on any atom is -0.349 e. The van der Waals surface area contributed by atoms with E-state index < -0.39 is 5.54 Å². The fourth-order valence-electron chi connectivity index (χ4n) is 4.69. The zero-order valence-electron chi connectivity index (χ0n) is 16.2. The molecular formula is C19H29N5O2S. The number of nitrogens with zero attached hydrogens (tertiary/aromatic N) is 4. The Morgan fingerprint density at radius 2 is 2.00 bits per heavy atom. The number of piperazine rings is 2. The van der Waals surface area contributed by atoms with Gasteiger partial charge in [-0.1, -0.05) is 12.8 Å². The van der Waals surface area contributed by atoms with E-state index in [1.54, 1.807) is 11.3 Å². The van der Waals surface area contributed by atoms with E-state index in [2.05, 4.69) is 20.1 Å². The lowest BCUT2D eigenvalue weighted by atomic mass is 9.82. The highest BCUT2D eigenvalue weighted by Crippen LogP contribution is 2.33. The van der Waals surface area contributed by atoms with Crippen molar-refractivity contribution in [2.24, 2.45) is 0 Å². The molecule has 2 atom stereocenters. The summed E-state index contributed by atoms with van der Waals surface area (Å²) in [6, 6.07) is 0.250. The van der Waals surface area contributed by atoms with Gasteiger partial charge in [0.1, 0.15) is 5.54 Å². The Kier molecular flexibility index (Phi) is 5.11. The maximum atomic E-state index is 13.3. The third kappa shape index (κ3) is 3.57. The van der Waals surface area contributed by atoms with E-state index in [1.807, 2.05) is 30.3 Å². The molecule has 0 bridgehead atoms. The molecule has 1 aliphatic carbocycles. The fourth-order valence-corrected chi connectivity index (χ4v) is 5.39. The van der Waals surface area contributed by atoms with Crippen LogP contribution < -0.4 is 10.2 Å². The van der Waals surface area contributed by atoms with E-state index in [4.69, 9.17) is 0 Å². The summed E-state index contributed by atoms with van der Waals surface area (Å²) in [5.41, 5.74) is -0.779. The van der Waals surface area contributed by atoms with Crippen LogP contribution in [0.15, 0.2) is 11.6 Å². The number of rotatable bonds is 3. The molecule has 1 saturated carbocycles. The Morgan fingerprint density at radius 3 is 2.70 bits per heavy atom. The zero-order valence-corrected chi connectivity index (χ0v) is 17.0. The number of carbonyl (C=O) groups excluding carboxylic acids is 2. The molecule has 148 valence electrons. The van der Waals surface area contributed by atoms with Crippen LogP contribution in [0.5, 0.6) is 0 Å². The molecule has 1 aromatic rings. The van der Waals surface area contributed by atoms with Crippen molar-refractivity contribution in [1.29, 1.82) is 0 Å². The van der Waals surface area contributed by atoms with E-state index in [1.165, 1.54) is 0 Å². The lowest BCUT2D eigenvalue weighted by Gasteiger charge is -2.52. The highest BCUT2D eigenvalue weighted by atomic mass is 32.1. The van der Waals surface area contributed by atoms with Crippen molar-refractivity contribution in [3.05, 3.63) is 11.6 Å². The molecule has 4 rings (SSSR count). The number of aromatic nitrogens is 1. The van der Waals surface area contributed by atoms with Crippen molar-refractivity contribution in [1.82, 2.24) is 20.1 Å². The molecular weight excluding hydrogens is 362 g/mol. The molecule has 0 unspecified atom stereocenters. The normalized spacial score (nSPS) is 28.6. The number of anilines is 1. The van der Waals surface area contributed by atoms with Crippen LogP contribution in [0.3, 0.4) is 0 Å². The largest absolute Gasteiger partial charge is 0.349 e. The van der Waals surface area contributed by atoms with Crippen molar-refractivity contribution in [2.45, 2.75) is 57.2 Å². The van der Waals surface area contributed by atoms with Gasteiger partial charge < -0.3 is 15.1 Å². The summed E-state index contributed by atoms with van der Waals surface area (Å²) in [6.07, 6.45) is 6.05. The third-order valence-corrected chi connectivity index (χ3v) is 7.06.